The fourth-order valence-electron chi connectivity index (χ4n) is 2.64. The van der Waals surface area contributed by atoms with E-state index in [1.54, 1.807) is 24.5 Å². The molecule has 1 fully saturated rings. The molecule has 0 aliphatic carbocycles. The van der Waals surface area contributed by atoms with E-state index < -0.39 is 0 Å². The minimum Gasteiger partial charge on any atom is -0.395 e. The fraction of sp³-hybridized carbons (Fsp3) is 0.375. The van der Waals surface area contributed by atoms with Crippen molar-refractivity contribution in [2.45, 2.75) is 5.92 Å². The molecule has 116 valence electrons. The lowest BCUT2D eigenvalue weighted by Gasteiger charge is -2.27. The van der Waals surface area contributed by atoms with Gasteiger partial charge in [0, 0.05) is 44.5 Å². The summed E-state index contributed by atoms with van der Waals surface area (Å²) >= 11 is 0. The van der Waals surface area contributed by atoms with Gasteiger partial charge in [-0.15, -0.1) is 0 Å². The van der Waals surface area contributed by atoms with E-state index in [1.165, 1.54) is 12.1 Å². The lowest BCUT2D eigenvalue weighted by molar-refractivity contribution is 0.280. The number of nitrogens with zero attached hydrogens (tertiary/aromatic N) is 3. The van der Waals surface area contributed by atoms with Crippen molar-refractivity contribution in [2.24, 2.45) is 0 Å². The number of anilines is 1. The first-order valence-corrected chi connectivity index (χ1v) is 7.42. The van der Waals surface area contributed by atoms with Gasteiger partial charge in [0.15, 0.2) is 0 Å². The van der Waals surface area contributed by atoms with Crippen LogP contribution in [-0.4, -0.2) is 47.9 Å². The van der Waals surface area contributed by atoms with Gasteiger partial charge in [0.05, 0.1) is 6.61 Å². The molecule has 2 heterocycles. The Morgan fingerprint density at radius 2 is 1.73 bits per heavy atom. The lowest BCUT2D eigenvalue weighted by Crippen LogP contribution is -2.44. The molecule has 1 aromatic heterocycles. The molecule has 0 saturated carbocycles. The average molecular weight is 302 g/mol. The summed E-state index contributed by atoms with van der Waals surface area (Å²) in [6.45, 7) is 3.57. The predicted octanol–water partition coefficient (Wildman–Crippen LogP) is 1.15. The molecule has 1 aliphatic heterocycles. The molecule has 22 heavy (non-hydrogen) atoms. The van der Waals surface area contributed by atoms with Crippen molar-refractivity contribution in [3.63, 3.8) is 0 Å². The lowest BCUT2D eigenvalue weighted by atomic mass is 9.94. The van der Waals surface area contributed by atoms with Crippen molar-refractivity contribution in [2.75, 3.05) is 37.7 Å². The third-order valence-corrected chi connectivity index (χ3v) is 3.92. The van der Waals surface area contributed by atoms with Crippen LogP contribution in [0.1, 0.15) is 17.0 Å². The molecule has 1 saturated heterocycles. The first-order valence-electron chi connectivity index (χ1n) is 7.42. The van der Waals surface area contributed by atoms with Gasteiger partial charge in [-0.1, -0.05) is 12.1 Å². The highest BCUT2D eigenvalue weighted by molar-refractivity contribution is 5.35. The molecule has 0 bridgehead atoms. The summed E-state index contributed by atoms with van der Waals surface area (Å²) in [5.41, 5.74) is 1.68. The molecule has 0 spiro atoms. The maximum Gasteiger partial charge on any atom is 0.225 e. The average Bonchev–Trinajstić information content (AvgIpc) is 2.59. The Labute approximate surface area is 128 Å². The van der Waals surface area contributed by atoms with Gasteiger partial charge < -0.3 is 15.3 Å². The second kappa shape index (κ2) is 6.81. The van der Waals surface area contributed by atoms with Crippen LogP contribution in [0.3, 0.4) is 0 Å². The number of piperazine rings is 1. The summed E-state index contributed by atoms with van der Waals surface area (Å²) in [4.78, 5) is 11.0. The normalized spacial score (nSPS) is 16.5. The summed E-state index contributed by atoms with van der Waals surface area (Å²) in [6, 6.07) is 6.16. The van der Waals surface area contributed by atoms with Crippen LogP contribution in [0.4, 0.5) is 10.3 Å². The fourth-order valence-corrected chi connectivity index (χ4v) is 2.64. The molecule has 1 aliphatic rings. The number of aromatic nitrogens is 2. The van der Waals surface area contributed by atoms with Crippen molar-refractivity contribution < 1.29 is 9.50 Å². The minimum absolute atomic E-state index is 0.0675. The van der Waals surface area contributed by atoms with Gasteiger partial charge in [0.25, 0.3) is 0 Å². The zero-order chi connectivity index (χ0) is 15.4. The first kappa shape index (κ1) is 14.9. The Balaban J connectivity index is 1.79. The van der Waals surface area contributed by atoms with Gasteiger partial charge in [-0.25, -0.2) is 14.4 Å². The van der Waals surface area contributed by atoms with Crippen LogP contribution in [-0.2, 0) is 0 Å². The predicted molar refractivity (Wildman–Crippen MR) is 82.4 cm³/mol. The molecule has 0 radical (unpaired) electrons. The number of benzene rings is 1. The Hall–Kier alpha value is -2.05. The van der Waals surface area contributed by atoms with Crippen LogP contribution in [0.25, 0.3) is 0 Å². The minimum atomic E-state index is -0.286. The smallest absolute Gasteiger partial charge is 0.225 e. The highest BCUT2D eigenvalue weighted by atomic mass is 19.1. The van der Waals surface area contributed by atoms with E-state index in [-0.39, 0.29) is 18.3 Å². The summed E-state index contributed by atoms with van der Waals surface area (Å²) in [5.74, 6) is 0.185. The van der Waals surface area contributed by atoms with Crippen molar-refractivity contribution in [3.05, 3.63) is 53.6 Å². The Morgan fingerprint density at radius 1 is 1.09 bits per heavy atom. The maximum absolute atomic E-state index is 13.0. The standard InChI is InChI=1S/C16H19FN4O/c17-14-3-1-12(2-4-14)15(11-22)13-9-19-16(20-10-13)21-7-5-18-6-8-21/h1-4,9-10,15,18,22H,5-8,11H2/t15-/m1/s1. The first-order chi connectivity index (χ1) is 10.8. The summed E-state index contributed by atoms with van der Waals surface area (Å²) < 4.78 is 13.0. The van der Waals surface area contributed by atoms with Crippen molar-refractivity contribution in [3.8, 4) is 0 Å². The molecule has 3 rings (SSSR count). The molecular weight excluding hydrogens is 283 g/mol. The number of aliphatic hydroxyl groups excluding tert-OH is 1. The van der Waals surface area contributed by atoms with E-state index in [9.17, 15) is 9.50 Å². The van der Waals surface area contributed by atoms with E-state index in [2.05, 4.69) is 20.2 Å². The van der Waals surface area contributed by atoms with Gasteiger partial charge in [-0.3, -0.25) is 0 Å². The molecule has 0 amide bonds. The van der Waals surface area contributed by atoms with Crippen LogP contribution < -0.4 is 10.2 Å². The van der Waals surface area contributed by atoms with Crippen LogP contribution in [0, 0.1) is 5.82 Å². The Bertz CT molecular complexity index is 597. The molecule has 0 unspecified atom stereocenters. The highest BCUT2D eigenvalue weighted by Crippen LogP contribution is 2.24. The number of rotatable bonds is 4. The molecule has 1 atom stereocenters. The number of hydrogen-bond acceptors (Lipinski definition) is 5. The monoisotopic (exact) mass is 302 g/mol. The van der Waals surface area contributed by atoms with Gasteiger partial charge in [-0.05, 0) is 23.3 Å². The molecule has 2 N–H and O–H groups in total. The van der Waals surface area contributed by atoms with E-state index in [1.807, 2.05) is 0 Å². The Morgan fingerprint density at radius 3 is 2.32 bits per heavy atom. The third-order valence-electron chi connectivity index (χ3n) is 3.92. The van der Waals surface area contributed by atoms with Crippen LogP contribution in [0.2, 0.25) is 0 Å². The highest BCUT2D eigenvalue weighted by Gasteiger charge is 2.17. The number of hydrogen-bond donors (Lipinski definition) is 2. The summed E-state index contributed by atoms with van der Waals surface area (Å²) in [5, 5.41) is 12.9. The second-order valence-electron chi connectivity index (χ2n) is 5.34. The third kappa shape index (κ3) is 3.23. The molecule has 6 heteroatoms. The van der Waals surface area contributed by atoms with Crippen LogP contribution >= 0.6 is 0 Å². The van der Waals surface area contributed by atoms with E-state index in [0.29, 0.717) is 5.95 Å². The Kier molecular flexibility index (Phi) is 4.60. The quantitative estimate of drug-likeness (QED) is 0.887. The van der Waals surface area contributed by atoms with E-state index in [0.717, 1.165) is 37.3 Å². The molecule has 2 aromatic rings. The SMILES string of the molecule is OC[C@H](c1ccc(F)cc1)c1cnc(N2CCNCC2)nc1. The number of halogens is 1. The number of nitrogens with one attached hydrogen (secondary N) is 1. The van der Waals surface area contributed by atoms with Crippen molar-refractivity contribution >= 4 is 5.95 Å². The summed E-state index contributed by atoms with van der Waals surface area (Å²) in [6.07, 6.45) is 3.49. The number of aliphatic hydroxyl groups is 1. The van der Waals surface area contributed by atoms with Crippen LogP contribution in [0.5, 0.6) is 0 Å². The largest absolute Gasteiger partial charge is 0.395 e. The van der Waals surface area contributed by atoms with E-state index >= 15 is 0 Å². The topological polar surface area (TPSA) is 61.3 Å². The van der Waals surface area contributed by atoms with Crippen molar-refractivity contribution in [1.82, 2.24) is 15.3 Å². The second-order valence-corrected chi connectivity index (χ2v) is 5.34. The van der Waals surface area contributed by atoms with Crippen molar-refractivity contribution in [1.29, 1.82) is 0 Å². The molecule has 1 aromatic carbocycles. The van der Waals surface area contributed by atoms with Gasteiger partial charge >= 0.3 is 0 Å². The van der Waals surface area contributed by atoms with Gasteiger partial charge in [0.2, 0.25) is 5.95 Å². The zero-order valence-corrected chi connectivity index (χ0v) is 12.2. The van der Waals surface area contributed by atoms with E-state index in [4.69, 9.17) is 0 Å². The van der Waals surface area contributed by atoms with Crippen LogP contribution in [0.15, 0.2) is 36.7 Å². The zero-order valence-electron chi connectivity index (χ0n) is 12.2. The molecular formula is C16H19FN4O. The van der Waals surface area contributed by atoms with Gasteiger partial charge in [-0.2, -0.15) is 0 Å². The summed E-state index contributed by atoms with van der Waals surface area (Å²) in [7, 11) is 0. The molecule has 5 nitrogen and oxygen atoms in total. The van der Waals surface area contributed by atoms with Gasteiger partial charge in [0.1, 0.15) is 5.82 Å². The maximum atomic E-state index is 13.0.